The normalized spacial score (nSPS) is 10.7. The van der Waals surface area contributed by atoms with Gasteiger partial charge in [-0.2, -0.15) is 5.10 Å². The number of aryl methyl sites for hydroxylation is 1. The second-order valence-electron chi connectivity index (χ2n) is 5.18. The molecule has 1 amide bonds. The van der Waals surface area contributed by atoms with Crippen LogP contribution in [0.15, 0.2) is 41.5 Å². The molecule has 0 aliphatic rings. The maximum atomic E-state index is 11.7. The number of benzene rings is 2. The average Bonchev–Trinajstić information content (AvgIpc) is 2.58. The van der Waals surface area contributed by atoms with Gasteiger partial charge in [-0.15, -0.1) is 0 Å². The SMILES string of the molecule is CCOc1cc(/C=N/NC(=O)COc2cccc(C)c2)cc(Cl)c1O. The number of ether oxygens (including phenoxy) is 2. The summed E-state index contributed by atoms with van der Waals surface area (Å²) in [7, 11) is 0. The third-order valence-electron chi connectivity index (χ3n) is 3.11. The molecular formula is C18H19ClN2O4. The largest absolute Gasteiger partial charge is 0.503 e. The summed E-state index contributed by atoms with van der Waals surface area (Å²) < 4.78 is 10.7. The number of carbonyl (C=O) groups is 1. The highest BCUT2D eigenvalue weighted by atomic mass is 35.5. The van der Waals surface area contributed by atoms with E-state index >= 15 is 0 Å². The summed E-state index contributed by atoms with van der Waals surface area (Å²) in [4.78, 5) is 11.7. The van der Waals surface area contributed by atoms with Crippen LogP contribution in [0, 0.1) is 6.92 Å². The molecule has 0 saturated heterocycles. The van der Waals surface area contributed by atoms with Crippen molar-refractivity contribution >= 4 is 23.7 Å². The number of hydrogen-bond acceptors (Lipinski definition) is 5. The molecule has 2 aromatic carbocycles. The van der Waals surface area contributed by atoms with E-state index in [0.717, 1.165) is 5.56 Å². The molecule has 0 atom stereocenters. The molecule has 2 aromatic rings. The predicted molar refractivity (Wildman–Crippen MR) is 96.7 cm³/mol. The van der Waals surface area contributed by atoms with Crippen molar-refractivity contribution in [2.24, 2.45) is 5.10 Å². The van der Waals surface area contributed by atoms with E-state index in [1.165, 1.54) is 12.3 Å². The first kappa shape index (κ1) is 18.6. The van der Waals surface area contributed by atoms with Crippen molar-refractivity contribution in [3.63, 3.8) is 0 Å². The van der Waals surface area contributed by atoms with Crippen LogP contribution in [-0.2, 0) is 4.79 Å². The zero-order chi connectivity index (χ0) is 18.2. The molecule has 0 saturated carbocycles. The number of phenolic OH excluding ortho intramolecular Hbond substituents is 1. The molecule has 25 heavy (non-hydrogen) atoms. The standard InChI is InChI=1S/C18H19ClN2O4/c1-3-24-16-9-13(8-15(19)18(16)23)10-20-21-17(22)11-25-14-6-4-5-12(2)7-14/h4-10,23H,3,11H2,1-2H3,(H,21,22)/b20-10+. The van der Waals surface area contributed by atoms with Gasteiger partial charge in [-0.3, -0.25) is 4.79 Å². The highest BCUT2D eigenvalue weighted by Crippen LogP contribution is 2.34. The topological polar surface area (TPSA) is 80.2 Å². The molecule has 0 aliphatic carbocycles. The molecule has 2 N–H and O–H groups in total. The Morgan fingerprint density at radius 2 is 2.12 bits per heavy atom. The summed E-state index contributed by atoms with van der Waals surface area (Å²) >= 11 is 5.93. The first-order valence-electron chi connectivity index (χ1n) is 7.66. The average molecular weight is 363 g/mol. The van der Waals surface area contributed by atoms with Crippen LogP contribution in [0.25, 0.3) is 0 Å². The van der Waals surface area contributed by atoms with Crippen LogP contribution in [0.5, 0.6) is 17.2 Å². The molecule has 0 unspecified atom stereocenters. The van der Waals surface area contributed by atoms with Gasteiger partial charge in [-0.05, 0) is 49.2 Å². The highest BCUT2D eigenvalue weighted by Gasteiger charge is 2.08. The minimum Gasteiger partial charge on any atom is -0.503 e. The molecule has 0 bridgehead atoms. The Kier molecular flexibility index (Phi) is 6.65. The van der Waals surface area contributed by atoms with Crippen molar-refractivity contribution in [3.05, 3.63) is 52.5 Å². The lowest BCUT2D eigenvalue weighted by Gasteiger charge is -2.08. The smallest absolute Gasteiger partial charge is 0.277 e. The number of nitrogens with zero attached hydrogens (tertiary/aromatic N) is 1. The Labute approximate surface area is 151 Å². The van der Waals surface area contributed by atoms with Crippen LogP contribution in [0.4, 0.5) is 0 Å². The van der Waals surface area contributed by atoms with Crippen LogP contribution in [0.2, 0.25) is 5.02 Å². The summed E-state index contributed by atoms with van der Waals surface area (Å²) in [5.74, 6) is 0.347. The van der Waals surface area contributed by atoms with Crippen LogP contribution in [-0.4, -0.2) is 30.4 Å². The molecule has 0 fully saturated rings. The molecule has 0 radical (unpaired) electrons. The Balaban J connectivity index is 1.90. The fraction of sp³-hybridized carbons (Fsp3) is 0.222. The van der Waals surface area contributed by atoms with Crippen molar-refractivity contribution in [1.29, 1.82) is 0 Å². The van der Waals surface area contributed by atoms with E-state index < -0.39 is 5.91 Å². The number of nitrogens with one attached hydrogen (secondary N) is 1. The van der Waals surface area contributed by atoms with Crippen molar-refractivity contribution < 1.29 is 19.4 Å². The number of halogens is 1. The third kappa shape index (κ3) is 5.69. The third-order valence-corrected chi connectivity index (χ3v) is 3.40. The van der Waals surface area contributed by atoms with Gasteiger partial charge >= 0.3 is 0 Å². The Morgan fingerprint density at radius 1 is 1.32 bits per heavy atom. The van der Waals surface area contributed by atoms with Gasteiger partial charge in [-0.25, -0.2) is 5.43 Å². The fourth-order valence-corrected chi connectivity index (χ4v) is 2.22. The minimum absolute atomic E-state index is 0.128. The number of hydrogen-bond donors (Lipinski definition) is 2. The summed E-state index contributed by atoms with van der Waals surface area (Å²) in [6, 6.07) is 10.5. The number of aromatic hydroxyl groups is 1. The Bertz CT molecular complexity index is 778. The summed E-state index contributed by atoms with van der Waals surface area (Å²) in [6.07, 6.45) is 1.40. The zero-order valence-electron chi connectivity index (χ0n) is 14.0. The quantitative estimate of drug-likeness (QED) is 0.585. The predicted octanol–water partition coefficient (Wildman–Crippen LogP) is 3.28. The van der Waals surface area contributed by atoms with Gasteiger partial charge in [0.15, 0.2) is 18.1 Å². The lowest BCUT2D eigenvalue weighted by Crippen LogP contribution is -2.24. The Morgan fingerprint density at radius 3 is 2.84 bits per heavy atom. The van der Waals surface area contributed by atoms with E-state index in [1.807, 2.05) is 25.1 Å². The maximum Gasteiger partial charge on any atom is 0.277 e. The van der Waals surface area contributed by atoms with Gasteiger partial charge in [0, 0.05) is 0 Å². The van der Waals surface area contributed by atoms with Gasteiger partial charge in [0.05, 0.1) is 17.8 Å². The molecule has 0 aliphatic heterocycles. The van der Waals surface area contributed by atoms with Gasteiger partial charge < -0.3 is 14.6 Å². The van der Waals surface area contributed by atoms with Gasteiger partial charge in [-0.1, -0.05) is 23.7 Å². The number of phenols is 1. The van der Waals surface area contributed by atoms with E-state index in [-0.39, 0.29) is 23.1 Å². The Hall–Kier alpha value is -2.73. The van der Waals surface area contributed by atoms with Crippen molar-refractivity contribution in [2.75, 3.05) is 13.2 Å². The number of carbonyl (C=O) groups excluding carboxylic acids is 1. The molecule has 0 aromatic heterocycles. The van der Waals surface area contributed by atoms with Crippen LogP contribution < -0.4 is 14.9 Å². The van der Waals surface area contributed by atoms with Crippen LogP contribution in [0.3, 0.4) is 0 Å². The summed E-state index contributed by atoms with van der Waals surface area (Å²) in [5.41, 5.74) is 3.98. The summed E-state index contributed by atoms with van der Waals surface area (Å²) in [5, 5.41) is 13.8. The van der Waals surface area contributed by atoms with E-state index in [1.54, 1.807) is 19.1 Å². The summed E-state index contributed by atoms with van der Waals surface area (Å²) in [6.45, 7) is 3.97. The van der Waals surface area contributed by atoms with E-state index in [9.17, 15) is 9.90 Å². The van der Waals surface area contributed by atoms with Crippen molar-refractivity contribution in [1.82, 2.24) is 5.43 Å². The first-order chi connectivity index (χ1) is 12.0. The number of hydrazone groups is 1. The fourth-order valence-electron chi connectivity index (χ4n) is 2.00. The second kappa shape index (κ2) is 8.94. The molecular weight excluding hydrogens is 344 g/mol. The van der Waals surface area contributed by atoms with Crippen LogP contribution in [0.1, 0.15) is 18.1 Å². The molecule has 6 nitrogen and oxygen atoms in total. The van der Waals surface area contributed by atoms with Crippen LogP contribution >= 0.6 is 11.6 Å². The first-order valence-corrected chi connectivity index (χ1v) is 8.04. The molecule has 0 heterocycles. The lowest BCUT2D eigenvalue weighted by atomic mass is 10.2. The highest BCUT2D eigenvalue weighted by molar-refractivity contribution is 6.32. The molecule has 7 heteroatoms. The zero-order valence-corrected chi connectivity index (χ0v) is 14.7. The number of rotatable bonds is 7. The minimum atomic E-state index is -0.396. The van der Waals surface area contributed by atoms with Crippen molar-refractivity contribution in [2.45, 2.75) is 13.8 Å². The van der Waals surface area contributed by atoms with E-state index in [0.29, 0.717) is 17.9 Å². The maximum absolute atomic E-state index is 11.7. The second-order valence-corrected chi connectivity index (χ2v) is 5.59. The van der Waals surface area contributed by atoms with Gasteiger partial charge in [0.1, 0.15) is 5.75 Å². The van der Waals surface area contributed by atoms with Gasteiger partial charge in [0.25, 0.3) is 5.91 Å². The molecule has 132 valence electrons. The number of amides is 1. The lowest BCUT2D eigenvalue weighted by molar-refractivity contribution is -0.123. The van der Waals surface area contributed by atoms with Crippen molar-refractivity contribution in [3.8, 4) is 17.2 Å². The molecule has 0 spiro atoms. The van der Waals surface area contributed by atoms with E-state index in [2.05, 4.69) is 10.5 Å². The van der Waals surface area contributed by atoms with Gasteiger partial charge in [0.2, 0.25) is 0 Å². The monoisotopic (exact) mass is 362 g/mol. The van der Waals surface area contributed by atoms with E-state index in [4.69, 9.17) is 21.1 Å². The molecule has 2 rings (SSSR count).